The third-order valence-electron chi connectivity index (χ3n) is 6.40. The molecule has 1 saturated heterocycles. The number of phenolic OH excluding ortho intramolecular Hbond substituents is 1. The molecule has 0 radical (unpaired) electrons. The van der Waals surface area contributed by atoms with Gasteiger partial charge in [0.05, 0.1) is 5.56 Å². The summed E-state index contributed by atoms with van der Waals surface area (Å²) in [5.74, 6) is -0.761. The van der Waals surface area contributed by atoms with Gasteiger partial charge < -0.3 is 20.2 Å². The van der Waals surface area contributed by atoms with Gasteiger partial charge in [-0.1, -0.05) is 30.3 Å². The van der Waals surface area contributed by atoms with Crippen LogP contribution in [-0.4, -0.2) is 58.3 Å². The molecule has 1 aliphatic rings. The van der Waals surface area contributed by atoms with E-state index in [1.165, 1.54) is 4.90 Å². The molecule has 0 bridgehead atoms. The zero-order valence-electron chi connectivity index (χ0n) is 19.5. The Bertz CT molecular complexity index is 1220. The number of rotatable bonds is 6. The number of carbonyl (C=O) groups is 3. The SMILES string of the molecule is CCN(CC)C(=O)c1ccc(NC(=O)C2CCCN2C(=O)c2ccc3ccccc3c2O)cc1. The summed E-state index contributed by atoms with van der Waals surface area (Å²) in [6.45, 7) is 5.57. The second-order valence-corrected chi connectivity index (χ2v) is 8.38. The lowest BCUT2D eigenvalue weighted by molar-refractivity contribution is -0.119. The summed E-state index contributed by atoms with van der Waals surface area (Å²) in [5, 5.41) is 15.0. The minimum absolute atomic E-state index is 0.0503. The molecular formula is C27H29N3O4. The Morgan fingerprint density at radius 3 is 2.41 bits per heavy atom. The van der Waals surface area contributed by atoms with Crippen LogP contribution >= 0.6 is 0 Å². The first-order valence-corrected chi connectivity index (χ1v) is 11.7. The van der Waals surface area contributed by atoms with Gasteiger partial charge in [0, 0.05) is 36.3 Å². The van der Waals surface area contributed by atoms with Crippen molar-refractivity contribution in [2.24, 2.45) is 0 Å². The van der Waals surface area contributed by atoms with Crippen LogP contribution < -0.4 is 5.32 Å². The molecule has 2 N–H and O–H groups in total. The number of aromatic hydroxyl groups is 1. The molecule has 1 atom stereocenters. The number of likely N-dealkylation sites (tertiary alicyclic amines) is 1. The van der Waals surface area contributed by atoms with Crippen molar-refractivity contribution in [3.8, 4) is 5.75 Å². The Hall–Kier alpha value is -3.87. The summed E-state index contributed by atoms with van der Waals surface area (Å²) < 4.78 is 0. The van der Waals surface area contributed by atoms with E-state index in [-0.39, 0.29) is 29.0 Å². The van der Waals surface area contributed by atoms with Gasteiger partial charge in [0.25, 0.3) is 11.8 Å². The number of carbonyl (C=O) groups excluding carboxylic acids is 3. The van der Waals surface area contributed by atoms with E-state index in [1.54, 1.807) is 47.4 Å². The second-order valence-electron chi connectivity index (χ2n) is 8.38. The predicted octanol–water partition coefficient (Wildman–Crippen LogP) is 4.27. The van der Waals surface area contributed by atoms with Crippen LogP contribution in [0.3, 0.4) is 0 Å². The minimum atomic E-state index is -0.629. The lowest BCUT2D eigenvalue weighted by Gasteiger charge is -2.24. The largest absolute Gasteiger partial charge is 0.506 e. The molecule has 1 aliphatic heterocycles. The molecule has 0 saturated carbocycles. The molecule has 0 spiro atoms. The van der Waals surface area contributed by atoms with Gasteiger partial charge in [0.15, 0.2) is 0 Å². The first-order valence-electron chi connectivity index (χ1n) is 11.7. The lowest BCUT2D eigenvalue weighted by Crippen LogP contribution is -2.43. The monoisotopic (exact) mass is 459 g/mol. The zero-order chi connectivity index (χ0) is 24.2. The molecule has 3 aromatic carbocycles. The van der Waals surface area contributed by atoms with Crippen molar-refractivity contribution in [3.05, 3.63) is 71.8 Å². The first-order chi connectivity index (χ1) is 16.4. The van der Waals surface area contributed by atoms with Gasteiger partial charge in [0.2, 0.25) is 5.91 Å². The molecule has 1 fully saturated rings. The molecule has 176 valence electrons. The van der Waals surface area contributed by atoms with Gasteiger partial charge in [0.1, 0.15) is 11.8 Å². The maximum Gasteiger partial charge on any atom is 0.258 e. The molecule has 3 aromatic rings. The van der Waals surface area contributed by atoms with E-state index in [1.807, 2.05) is 32.0 Å². The van der Waals surface area contributed by atoms with Crippen LogP contribution in [-0.2, 0) is 4.79 Å². The summed E-state index contributed by atoms with van der Waals surface area (Å²) in [6.07, 6.45) is 1.25. The summed E-state index contributed by atoms with van der Waals surface area (Å²) in [5.41, 5.74) is 1.32. The van der Waals surface area contributed by atoms with E-state index >= 15 is 0 Å². The van der Waals surface area contributed by atoms with Gasteiger partial charge in [-0.3, -0.25) is 14.4 Å². The molecule has 0 aromatic heterocycles. The van der Waals surface area contributed by atoms with Gasteiger partial charge >= 0.3 is 0 Å². The van der Waals surface area contributed by atoms with Crippen LogP contribution in [0.25, 0.3) is 10.8 Å². The molecule has 7 heteroatoms. The van der Waals surface area contributed by atoms with Crippen molar-refractivity contribution in [3.63, 3.8) is 0 Å². The first kappa shape index (κ1) is 23.3. The van der Waals surface area contributed by atoms with Crippen LogP contribution in [0.4, 0.5) is 5.69 Å². The van der Waals surface area contributed by atoms with Crippen molar-refractivity contribution in [1.29, 1.82) is 0 Å². The van der Waals surface area contributed by atoms with Gasteiger partial charge in [-0.25, -0.2) is 0 Å². The molecule has 4 rings (SSSR count). The van der Waals surface area contributed by atoms with E-state index in [0.717, 1.165) is 5.39 Å². The molecular weight excluding hydrogens is 430 g/mol. The van der Waals surface area contributed by atoms with Crippen molar-refractivity contribution < 1.29 is 19.5 Å². The summed E-state index contributed by atoms with van der Waals surface area (Å²) in [4.78, 5) is 42.0. The number of nitrogens with zero attached hydrogens (tertiary/aromatic N) is 2. The average molecular weight is 460 g/mol. The normalized spacial score (nSPS) is 15.4. The van der Waals surface area contributed by atoms with Gasteiger partial charge in [-0.2, -0.15) is 0 Å². The van der Waals surface area contributed by atoms with Crippen LogP contribution in [0.2, 0.25) is 0 Å². The van der Waals surface area contributed by atoms with E-state index in [9.17, 15) is 19.5 Å². The number of anilines is 1. The maximum absolute atomic E-state index is 13.3. The van der Waals surface area contributed by atoms with Gasteiger partial charge in [-0.15, -0.1) is 0 Å². The van der Waals surface area contributed by atoms with Crippen LogP contribution in [0.15, 0.2) is 60.7 Å². The van der Waals surface area contributed by atoms with Crippen molar-refractivity contribution >= 4 is 34.2 Å². The summed E-state index contributed by atoms with van der Waals surface area (Å²) in [7, 11) is 0. The smallest absolute Gasteiger partial charge is 0.258 e. The highest BCUT2D eigenvalue weighted by atomic mass is 16.3. The Kier molecular flexibility index (Phi) is 6.82. The lowest BCUT2D eigenvalue weighted by atomic mass is 10.0. The molecule has 3 amide bonds. The Balaban J connectivity index is 1.48. The summed E-state index contributed by atoms with van der Waals surface area (Å²) >= 11 is 0. The minimum Gasteiger partial charge on any atom is -0.506 e. The number of phenols is 1. The number of hydrogen-bond acceptors (Lipinski definition) is 4. The standard InChI is InChI=1S/C27H29N3O4/c1-3-29(4-2)26(33)19-11-14-20(15-12-19)28-25(32)23-10-7-17-30(23)27(34)22-16-13-18-8-5-6-9-21(18)24(22)31/h5-6,8-9,11-16,23,31H,3-4,7,10,17H2,1-2H3,(H,28,32). The molecule has 0 aliphatic carbocycles. The second kappa shape index (κ2) is 9.95. The van der Waals surface area contributed by atoms with E-state index in [4.69, 9.17) is 0 Å². The van der Waals surface area contributed by atoms with Crippen LogP contribution in [0, 0.1) is 0 Å². The third kappa shape index (κ3) is 4.46. The predicted molar refractivity (Wildman–Crippen MR) is 132 cm³/mol. The number of nitrogens with one attached hydrogen (secondary N) is 1. The highest BCUT2D eigenvalue weighted by Gasteiger charge is 2.35. The molecule has 34 heavy (non-hydrogen) atoms. The van der Waals surface area contributed by atoms with Crippen molar-refractivity contribution in [1.82, 2.24) is 9.80 Å². The fraction of sp³-hybridized carbons (Fsp3) is 0.296. The Morgan fingerprint density at radius 1 is 1.00 bits per heavy atom. The fourth-order valence-electron chi connectivity index (χ4n) is 4.48. The number of amides is 3. The van der Waals surface area contributed by atoms with Gasteiger partial charge in [-0.05, 0) is 62.4 Å². The molecule has 7 nitrogen and oxygen atoms in total. The number of hydrogen-bond donors (Lipinski definition) is 2. The Morgan fingerprint density at radius 2 is 1.71 bits per heavy atom. The quantitative estimate of drug-likeness (QED) is 0.576. The fourth-order valence-corrected chi connectivity index (χ4v) is 4.48. The average Bonchev–Trinajstić information content (AvgIpc) is 3.35. The third-order valence-corrected chi connectivity index (χ3v) is 6.40. The number of fused-ring (bicyclic) bond motifs is 1. The van der Waals surface area contributed by atoms with E-state index < -0.39 is 6.04 Å². The van der Waals surface area contributed by atoms with Crippen molar-refractivity contribution in [2.45, 2.75) is 32.7 Å². The van der Waals surface area contributed by atoms with Crippen molar-refractivity contribution in [2.75, 3.05) is 25.0 Å². The Labute approximate surface area is 199 Å². The van der Waals surface area contributed by atoms with E-state index in [2.05, 4.69) is 5.32 Å². The highest BCUT2D eigenvalue weighted by molar-refractivity contribution is 6.06. The van der Waals surface area contributed by atoms with E-state index in [0.29, 0.717) is 49.1 Å². The van der Waals surface area contributed by atoms with Crippen LogP contribution in [0.5, 0.6) is 5.75 Å². The topological polar surface area (TPSA) is 90.0 Å². The highest BCUT2D eigenvalue weighted by Crippen LogP contribution is 2.31. The molecule has 1 unspecified atom stereocenters. The maximum atomic E-state index is 13.3. The molecule has 1 heterocycles. The summed E-state index contributed by atoms with van der Waals surface area (Å²) in [6, 6.07) is 16.9. The van der Waals surface area contributed by atoms with Crippen LogP contribution in [0.1, 0.15) is 47.4 Å². The number of benzene rings is 3. The zero-order valence-corrected chi connectivity index (χ0v) is 19.5.